The van der Waals surface area contributed by atoms with Crippen LogP contribution < -0.4 is 10.2 Å². The molecular formula is C24H27N5O. The summed E-state index contributed by atoms with van der Waals surface area (Å²) >= 11 is 0. The molecule has 1 aromatic heterocycles. The molecule has 1 aliphatic heterocycles. The number of nitrogens with one attached hydrogen (secondary N) is 1. The minimum absolute atomic E-state index is 0.0164. The maximum atomic E-state index is 12.5. The molecule has 1 aliphatic carbocycles. The molecule has 0 atom stereocenters. The summed E-state index contributed by atoms with van der Waals surface area (Å²) in [6, 6.07) is 12.7. The van der Waals surface area contributed by atoms with Gasteiger partial charge >= 0.3 is 0 Å². The molecule has 154 valence electrons. The van der Waals surface area contributed by atoms with Crippen molar-refractivity contribution in [1.29, 1.82) is 0 Å². The molecule has 0 radical (unpaired) electrons. The number of benzene rings is 2. The van der Waals surface area contributed by atoms with Crippen LogP contribution in [0.5, 0.6) is 0 Å². The number of aromatic nitrogens is 2. The van der Waals surface area contributed by atoms with E-state index in [1.54, 1.807) is 0 Å². The Morgan fingerprint density at radius 2 is 1.87 bits per heavy atom. The minimum Gasteiger partial charge on any atom is -0.352 e. The molecule has 2 heterocycles. The Labute approximate surface area is 176 Å². The predicted molar refractivity (Wildman–Crippen MR) is 120 cm³/mol. The number of carbonyl (C=O) groups is 1. The number of hydrogen-bond donors (Lipinski definition) is 1. The van der Waals surface area contributed by atoms with Gasteiger partial charge in [-0.2, -0.15) is 5.10 Å². The molecule has 30 heavy (non-hydrogen) atoms. The van der Waals surface area contributed by atoms with Gasteiger partial charge in [0, 0.05) is 48.6 Å². The average molecular weight is 402 g/mol. The lowest BCUT2D eigenvalue weighted by Gasteiger charge is -2.33. The Bertz CT molecular complexity index is 1100. The second-order valence-corrected chi connectivity index (χ2v) is 8.54. The van der Waals surface area contributed by atoms with Crippen LogP contribution in [0.2, 0.25) is 0 Å². The summed E-state index contributed by atoms with van der Waals surface area (Å²) < 4.78 is 0. The van der Waals surface area contributed by atoms with Gasteiger partial charge in [0.15, 0.2) is 5.82 Å². The number of likely N-dealkylation sites (N-methyl/N-ethyl adjacent to an activating group) is 1. The third-order valence-corrected chi connectivity index (χ3v) is 6.17. The van der Waals surface area contributed by atoms with E-state index in [0.29, 0.717) is 11.6 Å². The van der Waals surface area contributed by atoms with Crippen LogP contribution >= 0.6 is 0 Å². The lowest BCUT2D eigenvalue weighted by atomic mass is 9.96. The van der Waals surface area contributed by atoms with E-state index in [9.17, 15) is 4.79 Å². The molecule has 2 fully saturated rings. The van der Waals surface area contributed by atoms with Gasteiger partial charge in [-0.05, 0) is 67.8 Å². The van der Waals surface area contributed by atoms with Gasteiger partial charge < -0.3 is 15.1 Å². The first-order valence-corrected chi connectivity index (χ1v) is 10.7. The molecule has 1 amide bonds. The third kappa shape index (κ3) is 3.75. The van der Waals surface area contributed by atoms with E-state index < -0.39 is 0 Å². The van der Waals surface area contributed by atoms with Gasteiger partial charge in [-0.1, -0.05) is 12.1 Å². The van der Waals surface area contributed by atoms with Gasteiger partial charge in [0.1, 0.15) is 0 Å². The van der Waals surface area contributed by atoms with Crippen molar-refractivity contribution >= 4 is 22.5 Å². The molecule has 1 saturated carbocycles. The van der Waals surface area contributed by atoms with Gasteiger partial charge in [-0.3, -0.25) is 4.79 Å². The third-order valence-electron chi connectivity index (χ3n) is 6.17. The van der Waals surface area contributed by atoms with Crippen molar-refractivity contribution in [2.24, 2.45) is 0 Å². The number of hydrogen-bond acceptors (Lipinski definition) is 5. The molecule has 3 aromatic rings. The Morgan fingerprint density at radius 3 is 2.63 bits per heavy atom. The number of nitrogens with zero attached hydrogens (tertiary/aromatic N) is 4. The fourth-order valence-corrected chi connectivity index (χ4v) is 4.06. The zero-order valence-corrected chi connectivity index (χ0v) is 17.6. The number of piperazine rings is 1. The Balaban J connectivity index is 1.49. The first-order chi connectivity index (χ1) is 14.6. The van der Waals surface area contributed by atoms with Crippen molar-refractivity contribution < 1.29 is 4.79 Å². The first-order valence-electron chi connectivity index (χ1n) is 10.7. The maximum Gasteiger partial charge on any atom is 0.251 e. The van der Waals surface area contributed by atoms with E-state index in [-0.39, 0.29) is 5.91 Å². The van der Waals surface area contributed by atoms with Crippen LogP contribution in [-0.2, 0) is 0 Å². The van der Waals surface area contributed by atoms with Crippen LogP contribution in [0.15, 0.2) is 42.6 Å². The summed E-state index contributed by atoms with van der Waals surface area (Å²) in [6.07, 6.45) is 4.01. The van der Waals surface area contributed by atoms with Crippen molar-refractivity contribution in [1.82, 2.24) is 20.4 Å². The summed E-state index contributed by atoms with van der Waals surface area (Å²) in [4.78, 5) is 17.2. The molecule has 2 aliphatic rings. The predicted octanol–water partition coefficient (Wildman–Crippen LogP) is 3.25. The Kier molecular flexibility index (Phi) is 4.87. The zero-order chi connectivity index (χ0) is 20.7. The highest BCUT2D eigenvalue weighted by molar-refractivity contribution is 5.98. The maximum absolute atomic E-state index is 12.5. The van der Waals surface area contributed by atoms with Crippen LogP contribution in [0, 0.1) is 6.92 Å². The Hall–Kier alpha value is -2.99. The molecule has 6 heteroatoms. The van der Waals surface area contributed by atoms with Crippen LogP contribution in [0.3, 0.4) is 0 Å². The number of anilines is 1. The van der Waals surface area contributed by atoms with E-state index >= 15 is 0 Å². The zero-order valence-electron chi connectivity index (χ0n) is 17.6. The minimum atomic E-state index is 0.0164. The lowest BCUT2D eigenvalue weighted by molar-refractivity contribution is 0.0951. The summed E-state index contributed by atoms with van der Waals surface area (Å²) in [7, 11) is 2.15. The van der Waals surface area contributed by atoms with Gasteiger partial charge in [0.05, 0.1) is 6.20 Å². The molecule has 0 bridgehead atoms. The average Bonchev–Trinajstić information content (AvgIpc) is 3.58. The quantitative estimate of drug-likeness (QED) is 0.727. The van der Waals surface area contributed by atoms with Crippen molar-refractivity contribution in [2.75, 3.05) is 38.1 Å². The van der Waals surface area contributed by atoms with Crippen molar-refractivity contribution in [3.05, 3.63) is 53.7 Å². The van der Waals surface area contributed by atoms with E-state index in [1.807, 2.05) is 24.4 Å². The molecule has 6 nitrogen and oxygen atoms in total. The van der Waals surface area contributed by atoms with Gasteiger partial charge in [0.25, 0.3) is 5.91 Å². The van der Waals surface area contributed by atoms with Gasteiger partial charge in [0.2, 0.25) is 0 Å². The molecule has 2 aromatic carbocycles. The standard InChI is InChI=1S/C24H27N5O/c1-16-3-4-18(24(30)26-20-6-7-20)14-22(16)17-5-8-21-19(13-17)15-25-27-23(21)29-11-9-28(2)10-12-29/h3-5,8,13-15,20H,6-7,9-12H2,1-2H3,(H,26,30). The van der Waals surface area contributed by atoms with Crippen molar-refractivity contribution in [2.45, 2.75) is 25.8 Å². The largest absolute Gasteiger partial charge is 0.352 e. The summed E-state index contributed by atoms with van der Waals surface area (Å²) in [5, 5.41) is 14.0. The topological polar surface area (TPSA) is 61.4 Å². The highest BCUT2D eigenvalue weighted by atomic mass is 16.1. The molecule has 0 unspecified atom stereocenters. The number of rotatable bonds is 4. The van der Waals surface area contributed by atoms with Crippen LogP contribution in [-0.4, -0.2) is 60.3 Å². The van der Waals surface area contributed by atoms with Crippen molar-refractivity contribution in [3.8, 4) is 11.1 Å². The van der Waals surface area contributed by atoms with Crippen LogP contribution in [0.25, 0.3) is 21.9 Å². The highest BCUT2D eigenvalue weighted by Gasteiger charge is 2.24. The highest BCUT2D eigenvalue weighted by Crippen LogP contribution is 2.31. The normalized spacial score (nSPS) is 17.3. The van der Waals surface area contributed by atoms with Crippen molar-refractivity contribution in [3.63, 3.8) is 0 Å². The van der Waals surface area contributed by atoms with E-state index in [1.165, 1.54) is 0 Å². The van der Waals surface area contributed by atoms with E-state index in [2.05, 4.69) is 57.5 Å². The smallest absolute Gasteiger partial charge is 0.251 e. The summed E-state index contributed by atoms with van der Waals surface area (Å²) in [6.45, 7) is 6.07. The van der Waals surface area contributed by atoms with E-state index in [0.717, 1.165) is 72.3 Å². The van der Waals surface area contributed by atoms with Gasteiger partial charge in [-0.25, -0.2) is 0 Å². The van der Waals surface area contributed by atoms with Crippen LogP contribution in [0.1, 0.15) is 28.8 Å². The monoisotopic (exact) mass is 401 g/mol. The number of carbonyl (C=O) groups excluding carboxylic acids is 1. The second-order valence-electron chi connectivity index (χ2n) is 8.54. The van der Waals surface area contributed by atoms with Crippen LogP contribution in [0.4, 0.5) is 5.82 Å². The number of amides is 1. The molecule has 1 saturated heterocycles. The first kappa shape index (κ1) is 19.0. The fourth-order valence-electron chi connectivity index (χ4n) is 4.06. The molecule has 0 spiro atoms. The van der Waals surface area contributed by atoms with Gasteiger partial charge in [-0.15, -0.1) is 5.10 Å². The Morgan fingerprint density at radius 1 is 1.07 bits per heavy atom. The second kappa shape index (κ2) is 7.69. The fraction of sp³-hybridized carbons (Fsp3) is 0.375. The molecular weight excluding hydrogens is 374 g/mol. The molecule has 5 rings (SSSR count). The summed E-state index contributed by atoms with van der Waals surface area (Å²) in [5.74, 6) is 0.976. The molecule has 1 N–H and O–H groups in total. The van der Waals surface area contributed by atoms with E-state index in [4.69, 9.17) is 0 Å². The number of aryl methyl sites for hydroxylation is 1. The lowest BCUT2D eigenvalue weighted by Crippen LogP contribution is -2.45. The SMILES string of the molecule is Cc1ccc(C(=O)NC2CC2)cc1-c1ccc2c(N3CCN(C)CC3)nncc2c1. The summed E-state index contributed by atoms with van der Waals surface area (Å²) in [5.41, 5.74) is 4.05. The number of fused-ring (bicyclic) bond motifs is 1.